The van der Waals surface area contributed by atoms with Crippen LogP contribution < -0.4 is 4.74 Å². The summed E-state index contributed by atoms with van der Waals surface area (Å²) in [5.41, 5.74) is 1.67. The molecule has 0 aliphatic heterocycles. The quantitative estimate of drug-likeness (QED) is 0.771. The summed E-state index contributed by atoms with van der Waals surface area (Å²) < 4.78 is 5.75. The van der Waals surface area contributed by atoms with Crippen LogP contribution in [0.3, 0.4) is 0 Å². The van der Waals surface area contributed by atoms with Gasteiger partial charge in [-0.05, 0) is 24.3 Å². The molecule has 0 saturated carbocycles. The molecule has 1 aromatic heterocycles. The number of halogens is 2. The number of nitrogens with one attached hydrogen (secondary N) is 1. The monoisotopic (exact) mass is 305 g/mol. The van der Waals surface area contributed by atoms with Gasteiger partial charge in [0.25, 0.3) is 0 Å². The van der Waals surface area contributed by atoms with Crippen molar-refractivity contribution in [3.63, 3.8) is 0 Å². The molecule has 0 aliphatic carbocycles. The molecule has 0 atom stereocenters. The number of H-pyrrole nitrogens is 1. The number of benzene rings is 2. The van der Waals surface area contributed by atoms with Gasteiger partial charge in [-0.2, -0.15) is 0 Å². The molecule has 100 valence electrons. The van der Waals surface area contributed by atoms with E-state index in [1.165, 1.54) is 0 Å². The summed E-state index contributed by atoms with van der Waals surface area (Å²) in [6, 6.07) is 12.7. The molecule has 0 fully saturated rings. The summed E-state index contributed by atoms with van der Waals surface area (Å²) in [5, 5.41) is 11.3. The van der Waals surface area contributed by atoms with Crippen LogP contribution in [0, 0.1) is 0 Å². The van der Waals surface area contributed by atoms with Gasteiger partial charge in [0.1, 0.15) is 17.2 Å². The molecule has 3 rings (SSSR count). The van der Waals surface area contributed by atoms with Crippen LogP contribution in [0.4, 0.5) is 0 Å². The van der Waals surface area contributed by atoms with Crippen LogP contribution in [0.2, 0.25) is 10.0 Å². The smallest absolute Gasteiger partial charge is 0.129 e. The van der Waals surface area contributed by atoms with Crippen LogP contribution in [0.25, 0.3) is 11.3 Å². The normalized spacial score (nSPS) is 10.5. The van der Waals surface area contributed by atoms with Gasteiger partial charge >= 0.3 is 0 Å². The molecular weight excluding hydrogens is 297 g/mol. The Morgan fingerprint density at radius 2 is 1.80 bits per heavy atom. The van der Waals surface area contributed by atoms with Crippen molar-refractivity contribution in [3.8, 4) is 22.8 Å². The highest BCUT2D eigenvalue weighted by molar-refractivity contribution is 6.42. The number of aromatic nitrogens is 3. The maximum absolute atomic E-state index is 5.96. The number of nitrogens with zero attached hydrogens (tertiary/aromatic N) is 2. The lowest BCUT2D eigenvalue weighted by molar-refractivity contribution is 0.483. The van der Waals surface area contributed by atoms with Gasteiger partial charge in [-0.3, -0.25) is 5.10 Å². The zero-order chi connectivity index (χ0) is 13.9. The van der Waals surface area contributed by atoms with E-state index in [1.807, 2.05) is 24.3 Å². The highest BCUT2D eigenvalue weighted by Gasteiger charge is 2.05. The Bertz CT molecular complexity index is 729. The first-order valence-corrected chi connectivity index (χ1v) is 6.58. The molecular formula is C14H9Cl2N3O. The fourth-order valence-electron chi connectivity index (χ4n) is 1.74. The molecule has 0 unspecified atom stereocenters. The van der Waals surface area contributed by atoms with E-state index >= 15 is 0 Å². The maximum Gasteiger partial charge on any atom is 0.129 e. The van der Waals surface area contributed by atoms with Crippen LogP contribution in [-0.2, 0) is 0 Å². The molecule has 1 N–H and O–H groups in total. The molecule has 0 amide bonds. The molecule has 0 radical (unpaired) electrons. The van der Waals surface area contributed by atoms with E-state index in [9.17, 15) is 0 Å². The standard InChI is InChI=1S/C14H9Cl2N3O/c15-12-5-4-11(7-13(12)16)20-10-3-1-2-9(6-10)14-8-17-19-18-14/h1-8H,(H,17,18,19). The predicted octanol–water partition coefficient (Wildman–Crippen LogP) is 4.57. The summed E-state index contributed by atoms with van der Waals surface area (Å²) in [6.07, 6.45) is 1.72. The summed E-state index contributed by atoms with van der Waals surface area (Å²) in [5.74, 6) is 1.31. The van der Waals surface area contributed by atoms with Gasteiger partial charge in [0.05, 0.1) is 10.0 Å². The fraction of sp³-hybridized carbons (Fsp3) is 0. The van der Waals surface area contributed by atoms with E-state index in [-0.39, 0.29) is 0 Å². The van der Waals surface area contributed by atoms with Gasteiger partial charge in [0, 0.05) is 17.8 Å². The van der Waals surface area contributed by atoms with Crippen molar-refractivity contribution in [1.29, 1.82) is 0 Å². The zero-order valence-corrected chi connectivity index (χ0v) is 11.7. The van der Waals surface area contributed by atoms with Crippen LogP contribution in [0.15, 0.2) is 48.7 Å². The first-order chi connectivity index (χ1) is 9.72. The highest BCUT2D eigenvalue weighted by Crippen LogP contribution is 2.30. The number of aromatic amines is 1. The van der Waals surface area contributed by atoms with E-state index < -0.39 is 0 Å². The van der Waals surface area contributed by atoms with Crippen molar-refractivity contribution in [2.24, 2.45) is 0 Å². The fourth-order valence-corrected chi connectivity index (χ4v) is 2.03. The van der Waals surface area contributed by atoms with Gasteiger partial charge in [-0.1, -0.05) is 40.5 Å². The Balaban J connectivity index is 1.87. The number of hydrogen-bond acceptors (Lipinski definition) is 3. The molecule has 4 nitrogen and oxygen atoms in total. The summed E-state index contributed by atoms with van der Waals surface area (Å²) in [6.45, 7) is 0. The van der Waals surface area contributed by atoms with E-state index in [0.29, 0.717) is 21.5 Å². The average molecular weight is 306 g/mol. The molecule has 20 heavy (non-hydrogen) atoms. The van der Waals surface area contributed by atoms with E-state index in [4.69, 9.17) is 27.9 Å². The Hall–Kier alpha value is -2.04. The first-order valence-electron chi connectivity index (χ1n) is 5.82. The van der Waals surface area contributed by atoms with Crippen molar-refractivity contribution in [2.75, 3.05) is 0 Å². The van der Waals surface area contributed by atoms with Crippen molar-refractivity contribution in [1.82, 2.24) is 15.4 Å². The second-order valence-electron chi connectivity index (χ2n) is 4.06. The second-order valence-corrected chi connectivity index (χ2v) is 4.88. The highest BCUT2D eigenvalue weighted by atomic mass is 35.5. The largest absolute Gasteiger partial charge is 0.457 e. The molecule has 0 bridgehead atoms. The topological polar surface area (TPSA) is 50.8 Å². The number of rotatable bonds is 3. The zero-order valence-electron chi connectivity index (χ0n) is 10.2. The molecule has 1 heterocycles. The number of ether oxygens (including phenoxy) is 1. The van der Waals surface area contributed by atoms with Crippen molar-refractivity contribution < 1.29 is 4.74 Å². The van der Waals surface area contributed by atoms with Crippen molar-refractivity contribution >= 4 is 23.2 Å². The van der Waals surface area contributed by atoms with Crippen LogP contribution >= 0.6 is 23.2 Å². The number of hydrogen-bond donors (Lipinski definition) is 1. The Labute approximate surface area is 125 Å². The summed E-state index contributed by atoms with van der Waals surface area (Å²) in [4.78, 5) is 0. The lowest BCUT2D eigenvalue weighted by Crippen LogP contribution is -1.86. The lowest BCUT2D eigenvalue weighted by atomic mass is 10.1. The Morgan fingerprint density at radius 3 is 2.55 bits per heavy atom. The Kier molecular flexibility index (Phi) is 3.58. The lowest BCUT2D eigenvalue weighted by Gasteiger charge is -2.07. The molecule has 3 aromatic rings. The van der Waals surface area contributed by atoms with Crippen LogP contribution in [-0.4, -0.2) is 15.4 Å². The Morgan fingerprint density at radius 1 is 0.950 bits per heavy atom. The maximum atomic E-state index is 5.96. The van der Waals surface area contributed by atoms with Gasteiger partial charge in [-0.15, -0.1) is 5.10 Å². The van der Waals surface area contributed by atoms with Crippen LogP contribution in [0.5, 0.6) is 11.5 Å². The third kappa shape index (κ3) is 2.76. The minimum Gasteiger partial charge on any atom is -0.457 e. The summed E-state index contributed by atoms with van der Waals surface area (Å²) >= 11 is 11.8. The van der Waals surface area contributed by atoms with Gasteiger partial charge in [0.2, 0.25) is 0 Å². The summed E-state index contributed by atoms with van der Waals surface area (Å²) in [7, 11) is 0. The SMILES string of the molecule is Clc1ccc(Oc2cccc(-c3c[nH]nn3)c2)cc1Cl. The van der Waals surface area contributed by atoms with E-state index in [1.54, 1.807) is 24.4 Å². The van der Waals surface area contributed by atoms with Crippen molar-refractivity contribution in [2.45, 2.75) is 0 Å². The third-order valence-corrected chi connectivity index (χ3v) is 3.41. The predicted molar refractivity (Wildman–Crippen MR) is 78.4 cm³/mol. The molecule has 0 aliphatic rings. The molecule has 6 heteroatoms. The van der Waals surface area contributed by atoms with E-state index in [2.05, 4.69) is 15.4 Å². The van der Waals surface area contributed by atoms with Gasteiger partial charge < -0.3 is 4.74 Å². The minimum absolute atomic E-state index is 0.455. The molecule has 2 aromatic carbocycles. The van der Waals surface area contributed by atoms with Gasteiger partial charge in [-0.25, -0.2) is 0 Å². The molecule has 0 spiro atoms. The molecule has 0 saturated heterocycles. The van der Waals surface area contributed by atoms with Crippen molar-refractivity contribution in [3.05, 3.63) is 58.7 Å². The third-order valence-electron chi connectivity index (χ3n) is 2.67. The van der Waals surface area contributed by atoms with Gasteiger partial charge in [0.15, 0.2) is 0 Å². The van der Waals surface area contributed by atoms with Crippen LogP contribution in [0.1, 0.15) is 0 Å². The minimum atomic E-state index is 0.455. The first kappa shape index (κ1) is 13.0. The van der Waals surface area contributed by atoms with E-state index in [0.717, 1.165) is 11.3 Å². The second kappa shape index (κ2) is 5.53. The average Bonchev–Trinajstić information content (AvgIpc) is 2.97.